The third-order valence-electron chi connectivity index (χ3n) is 3.53. The van der Waals surface area contributed by atoms with Crippen LogP contribution < -0.4 is 5.32 Å². The first-order chi connectivity index (χ1) is 8.92. The number of aromatic nitrogens is 4. The van der Waals surface area contributed by atoms with E-state index in [-0.39, 0.29) is 0 Å². The average molecular weight is 243 g/mol. The van der Waals surface area contributed by atoms with E-state index in [4.69, 9.17) is 0 Å². The van der Waals surface area contributed by atoms with Crippen LogP contribution in [0.1, 0.15) is 18.4 Å². The fourth-order valence-corrected chi connectivity index (χ4v) is 2.48. The number of nitrogens with zero attached hydrogens (tertiary/aromatic N) is 4. The van der Waals surface area contributed by atoms with Gasteiger partial charge in [0.05, 0.1) is 5.69 Å². The van der Waals surface area contributed by atoms with Gasteiger partial charge >= 0.3 is 0 Å². The summed E-state index contributed by atoms with van der Waals surface area (Å²) in [7, 11) is 0. The summed E-state index contributed by atoms with van der Waals surface area (Å²) in [4.78, 5) is 0. The van der Waals surface area contributed by atoms with Gasteiger partial charge in [0.1, 0.15) is 6.33 Å². The van der Waals surface area contributed by atoms with Crippen LogP contribution in [0.5, 0.6) is 0 Å². The fraction of sp³-hybridized carbons (Fsp3) is 0.462. The predicted octanol–water partition coefficient (Wildman–Crippen LogP) is 1.20. The van der Waals surface area contributed by atoms with Gasteiger partial charge in [-0.05, 0) is 66.4 Å². The van der Waals surface area contributed by atoms with E-state index in [1.54, 1.807) is 11.0 Å². The molecule has 1 N–H and O–H groups in total. The molecule has 2 heterocycles. The molecule has 5 nitrogen and oxygen atoms in total. The summed E-state index contributed by atoms with van der Waals surface area (Å²) < 4.78 is 1.67. The summed E-state index contributed by atoms with van der Waals surface area (Å²) in [5.41, 5.74) is 2.41. The van der Waals surface area contributed by atoms with Gasteiger partial charge in [0.15, 0.2) is 0 Å². The van der Waals surface area contributed by atoms with Crippen LogP contribution >= 0.6 is 0 Å². The largest absolute Gasteiger partial charge is 0.317 e. The zero-order chi connectivity index (χ0) is 12.2. The second kappa shape index (κ2) is 5.27. The molecule has 0 bridgehead atoms. The first kappa shape index (κ1) is 11.3. The van der Waals surface area contributed by atoms with Gasteiger partial charge in [0.25, 0.3) is 0 Å². The minimum Gasteiger partial charge on any atom is -0.317 e. The Balaban J connectivity index is 1.67. The summed E-state index contributed by atoms with van der Waals surface area (Å²) in [5.74, 6) is 0.824. The zero-order valence-electron chi connectivity index (χ0n) is 10.3. The molecule has 1 aliphatic rings. The Morgan fingerprint density at radius 1 is 1.17 bits per heavy atom. The van der Waals surface area contributed by atoms with Gasteiger partial charge in [-0.2, -0.15) is 0 Å². The Bertz CT molecular complexity index is 471. The molecular weight excluding hydrogens is 226 g/mol. The highest BCUT2D eigenvalue weighted by Crippen LogP contribution is 2.18. The van der Waals surface area contributed by atoms with Crippen LogP contribution in [0, 0.1) is 5.92 Å². The molecule has 0 amide bonds. The maximum Gasteiger partial charge on any atom is 0.143 e. The van der Waals surface area contributed by atoms with E-state index in [1.807, 2.05) is 0 Å². The molecule has 0 saturated carbocycles. The summed E-state index contributed by atoms with van der Waals surface area (Å²) in [6.07, 6.45) is 5.36. The van der Waals surface area contributed by atoms with Crippen molar-refractivity contribution in [3.8, 4) is 5.69 Å². The summed E-state index contributed by atoms with van der Waals surface area (Å²) in [6, 6.07) is 8.51. The lowest BCUT2D eigenvalue weighted by atomic mass is 9.91. The maximum atomic E-state index is 3.88. The smallest absolute Gasteiger partial charge is 0.143 e. The van der Waals surface area contributed by atoms with Gasteiger partial charge in [0.2, 0.25) is 0 Å². The average Bonchev–Trinajstić information content (AvgIpc) is 2.95. The van der Waals surface area contributed by atoms with Gasteiger partial charge in [-0.15, -0.1) is 5.10 Å². The molecule has 1 fully saturated rings. The van der Waals surface area contributed by atoms with Crippen molar-refractivity contribution in [2.24, 2.45) is 5.92 Å². The fourth-order valence-electron chi connectivity index (χ4n) is 2.48. The molecule has 1 aromatic carbocycles. The molecule has 94 valence electrons. The molecule has 0 spiro atoms. The molecule has 0 atom stereocenters. The Hall–Kier alpha value is -1.75. The molecule has 18 heavy (non-hydrogen) atoms. The van der Waals surface area contributed by atoms with Crippen molar-refractivity contribution in [3.63, 3.8) is 0 Å². The highest BCUT2D eigenvalue weighted by molar-refractivity contribution is 5.33. The maximum absolute atomic E-state index is 3.88. The Labute approximate surface area is 106 Å². The first-order valence-electron chi connectivity index (χ1n) is 6.45. The molecule has 0 aliphatic carbocycles. The molecule has 5 heteroatoms. The zero-order valence-corrected chi connectivity index (χ0v) is 10.3. The number of hydrogen-bond acceptors (Lipinski definition) is 4. The van der Waals surface area contributed by atoms with Crippen LogP contribution in [0.2, 0.25) is 0 Å². The predicted molar refractivity (Wildman–Crippen MR) is 68.5 cm³/mol. The number of tetrazole rings is 1. The lowest BCUT2D eigenvalue weighted by molar-refractivity contribution is 0.372. The van der Waals surface area contributed by atoms with Crippen LogP contribution in [0.3, 0.4) is 0 Å². The van der Waals surface area contributed by atoms with Crippen molar-refractivity contribution in [3.05, 3.63) is 36.2 Å². The summed E-state index contributed by atoms with van der Waals surface area (Å²) in [6.45, 7) is 2.32. The lowest BCUT2D eigenvalue weighted by Crippen LogP contribution is -2.28. The van der Waals surface area contributed by atoms with Crippen LogP contribution in [0.15, 0.2) is 30.6 Å². The van der Waals surface area contributed by atoms with Gasteiger partial charge in [-0.3, -0.25) is 0 Å². The minimum absolute atomic E-state index is 0.824. The van der Waals surface area contributed by atoms with E-state index < -0.39 is 0 Å². The van der Waals surface area contributed by atoms with Crippen molar-refractivity contribution < 1.29 is 0 Å². The van der Waals surface area contributed by atoms with Crippen LogP contribution in [0.4, 0.5) is 0 Å². The number of benzene rings is 1. The molecule has 0 unspecified atom stereocenters. The normalized spacial score (nSPS) is 16.9. The third-order valence-corrected chi connectivity index (χ3v) is 3.53. The molecule has 1 aromatic heterocycles. The first-order valence-corrected chi connectivity index (χ1v) is 6.45. The Morgan fingerprint density at radius 3 is 2.61 bits per heavy atom. The van der Waals surface area contributed by atoms with Crippen molar-refractivity contribution in [1.82, 2.24) is 25.5 Å². The van der Waals surface area contributed by atoms with E-state index in [0.29, 0.717) is 0 Å². The molecule has 1 saturated heterocycles. The summed E-state index contributed by atoms with van der Waals surface area (Å²) >= 11 is 0. The Kier molecular flexibility index (Phi) is 3.32. The molecule has 1 aliphatic heterocycles. The lowest BCUT2D eigenvalue weighted by Gasteiger charge is -2.22. The third kappa shape index (κ3) is 2.56. The number of nitrogens with one attached hydrogen (secondary N) is 1. The van der Waals surface area contributed by atoms with Crippen LogP contribution in [-0.4, -0.2) is 33.3 Å². The van der Waals surface area contributed by atoms with Gasteiger partial charge < -0.3 is 5.32 Å². The molecule has 3 rings (SSSR count). The van der Waals surface area contributed by atoms with E-state index in [9.17, 15) is 0 Å². The topological polar surface area (TPSA) is 55.6 Å². The standard InChI is InChI=1S/C13H17N5/c1-3-13(18-10-15-16-17-18)4-2-11(1)9-12-5-7-14-8-6-12/h1-4,10,12,14H,5-9H2. The van der Waals surface area contributed by atoms with Gasteiger partial charge in [-0.25, -0.2) is 4.68 Å². The highest BCUT2D eigenvalue weighted by atomic mass is 15.5. The monoisotopic (exact) mass is 243 g/mol. The van der Waals surface area contributed by atoms with Crippen molar-refractivity contribution in [1.29, 1.82) is 0 Å². The Morgan fingerprint density at radius 2 is 1.94 bits per heavy atom. The molecule has 0 radical (unpaired) electrons. The van der Waals surface area contributed by atoms with E-state index in [2.05, 4.69) is 45.1 Å². The van der Waals surface area contributed by atoms with E-state index >= 15 is 0 Å². The van der Waals surface area contributed by atoms with Crippen LogP contribution in [-0.2, 0) is 6.42 Å². The highest BCUT2D eigenvalue weighted by Gasteiger charge is 2.13. The second-order valence-electron chi connectivity index (χ2n) is 4.82. The quantitative estimate of drug-likeness (QED) is 0.880. The number of hydrogen-bond donors (Lipinski definition) is 1. The number of piperidine rings is 1. The minimum atomic E-state index is 0.824. The SMILES string of the molecule is c1cc(-n2cnnn2)ccc1CC1CCNCC1. The van der Waals surface area contributed by atoms with E-state index in [0.717, 1.165) is 24.7 Å². The summed E-state index contributed by atoms with van der Waals surface area (Å²) in [5, 5.41) is 14.6. The van der Waals surface area contributed by atoms with Crippen molar-refractivity contribution in [2.75, 3.05) is 13.1 Å². The number of rotatable bonds is 3. The van der Waals surface area contributed by atoms with Crippen molar-refractivity contribution >= 4 is 0 Å². The van der Waals surface area contributed by atoms with Gasteiger partial charge in [-0.1, -0.05) is 12.1 Å². The molecule has 2 aromatic rings. The van der Waals surface area contributed by atoms with Crippen molar-refractivity contribution in [2.45, 2.75) is 19.3 Å². The molecular formula is C13H17N5. The van der Waals surface area contributed by atoms with Crippen LogP contribution in [0.25, 0.3) is 5.69 Å². The second-order valence-corrected chi connectivity index (χ2v) is 4.82. The van der Waals surface area contributed by atoms with E-state index in [1.165, 1.54) is 24.8 Å². The van der Waals surface area contributed by atoms with Gasteiger partial charge in [0, 0.05) is 0 Å².